The summed E-state index contributed by atoms with van der Waals surface area (Å²) in [5.74, 6) is 0.299. The first-order chi connectivity index (χ1) is 6.88. The largest absolute Gasteiger partial charge is 0.508 e. The highest BCUT2D eigenvalue weighted by atomic mass is 16.3. The fourth-order valence-corrected chi connectivity index (χ4v) is 1.33. The van der Waals surface area contributed by atoms with E-state index >= 15 is 0 Å². The number of hydrogen-bond acceptors (Lipinski definition) is 3. The summed E-state index contributed by atoms with van der Waals surface area (Å²) in [5.41, 5.74) is 6.73. The van der Waals surface area contributed by atoms with Gasteiger partial charge in [-0.3, -0.25) is 0 Å². The SMILES string of the molecule is CC(NCC(C)(C)N)c1cccc(O)c1. The number of benzene rings is 1. The van der Waals surface area contributed by atoms with Gasteiger partial charge in [0.1, 0.15) is 5.75 Å². The van der Waals surface area contributed by atoms with Crippen LogP contribution in [-0.4, -0.2) is 17.2 Å². The molecule has 0 amide bonds. The third kappa shape index (κ3) is 4.32. The fraction of sp³-hybridized carbons (Fsp3) is 0.500. The normalized spacial score (nSPS) is 13.9. The lowest BCUT2D eigenvalue weighted by molar-refractivity contribution is 0.432. The van der Waals surface area contributed by atoms with E-state index in [2.05, 4.69) is 12.2 Å². The van der Waals surface area contributed by atoms with E-state index in [4.69, 9.17) is 5.73 Å². The third-order valence-electron chi connectivity index (χ3n) is 2.23. The molecule has 4 N–H and O–H groups in total. The summed E-state index contributed by atoms with van der Waals surface area (Å²) in [6.07, 6.45) is 0. The molecular formula is C12H20N2O. The smallest absolute Gasteiger partial charge is 0.115 e. The highest BCUT2D eigenvalue weighted by Gasteiger charge is 2.12. The van der Waals surface area contributed by atoms with Crippen molar-refractivity contribution in [3.63, 3.8) is 0 Å². The second-order valence-electron chi connectivity index (χ2n) is 4.69. The van der Waals surface area contributed by atoms with Gasteiger partial charge in [-0.1, -0.05) is 12.1 Å². The average molecular weight is 208 g/mol. The molecule has 0 aliphatic heterocycles. The Morgan fingerprint density at radius 2 is 2.13 bits per heavy atom. The molecule has 1 aromatic carbocycles. The average Bonchev–Trinajstić information content (AvgIpc) is 2.13. The van der Waals surface area contributed by atoms with Gasteiger partial charge in [0.05, 0.1) is 0 Å². The first-order valence-corrected chi connectivity index (χ1v) is 5.20. The van der Waals surface area contributed by atoms with Crippen LogP contribution in [-0.2, 0) is 0 Å². The zero-order chi connectivity index (χ0) is 11.5. The molecular weight excluding hydrogens is 188 g/mol. The van der Waals surface area contributed by atoms with Crippen LogP contribution in [0.25, 0.3) is 0 Å². The first kappa shape index (κ1) is 12.0. The highest BCUT2D eigenvalue weighted by Crippen LogP contribution is 2.17. The molecule has 0 saturated heterocycles. The van der Waals surface area contributed by atoms with Gasteiger partial charge < -0.3 is 16.2 Å². The van der Waals surface area contributed by atoms with E-state index in [1.54, 1.807) is 12.1 Å². The molecule has 1 unspecified atom stereocenters. The van der Waals surface area contributed by atoms with E-state index in [9.17, 15) is 5.11 Å². The number of hydrogen-bond donors (Lipinski definition) is 3. The predicted molar refractivity (Wildman–Crippen MR) is 62.8 cm³/mol. The lowest BCUT2D eigenvalue weighted by atomic mass is 10.0. The van der Waals surface area contributed by atoms with Crippen LogP contribution in [0.5, 0.6) is 5.75 Å². The Hall–Kier alpha value is -1.06. The summed E-state index contributed by atoms with van der Waals surface area (Å²) >= 11 is 0. The maximum absolute atomic E-state index is 9.34. The van der Waals surface area contributed by atoms with Gasteiger partial charge in [0.2, 0.25) is 0 Å². The lowest BCUT2D eigenvalue weighted by Crippen LogP contribution is -2.43. The topological polar surface area (TPSA) is 58.3 Å². The Morgan fingerprint density at radius 1 is 1.47 bits per heavy atom. The van der Waals surface area contributed by atoms with E-state index in [1.807, 2.05) is 26.0 Å². The molecule has 0 bridgehead atoms. The van der Waals surface area contributed by atoms with E-state index in [0.717, 1.165) is 12.1 Å². The maximum Gasteiger partial charge on any atom is 0.115 e. The Labute approximate surface area is 91.3 Å². The molecule has 0 aromatic heterocycles. The molecule has 3 heteroatoms. The van der Waals surface area contributed by atoms with Crippen LogP contribution < -0.4 is 11.1 Å². The van der Waals surface area contributed by atoms with Gasteiger partial charge in [-0.2, -0.15) is 0 Å². The molecule has 0 spiro atoms. The molecule has 0 saturated carbocycles. The summed E-state index contributed by atoms with van der Waals surface area (Å²) in [4.78, 5) is 0. The van der Waals surface area contributed by atoms with Crippen molar-refractivity contribution in [2.75, 3.05) is 6.54 Å². The fourth-order valence-electron chi connectivity index (χ4n) is 1.33. The Balaban J connectivity index is 2.58. The number of nitrogens with one attached hydrogen (secondary N) is 1. The predicted octanol–water partition coefficient (Wildman–Crippen LogP) is 1.78. The van der Waals surface area contributed by atoms with Crippen LogP contribution in [0, 0.1) is 0 Å². The van der Waals surface area contributed by atoms with Crippen LogP contribution in [0.1, 0.15) is 32.4 Å². The highest BCUT2D eigenvalue weighted by molar-refractivity contribution is 5.29. The van der Waals surface area contributed by atoms with Crippen molar-refractivity contribution in [3.05, 3.63) is 29.8 Å². The van der Waals surface area contributed by atoms with Gasteiger partial charge in [0, 0.05) is 18.1 Å². The first-order valence-electron chi connectivity index (χ1n) is 5.20. The molecule has 1 atom stereocenters. The van der Waals surface area contributed by atoms with Gasteiger partial charge in [0.25, 0.3) is 0 Å². The Kier molecular flexibility index (Phi) is 3.72. The van der Waals surface area contributed by atoms with Crippen LogP contribution in [0.4, 0.5) is 0 Å². The minimum absolute atomic E-state index is 0.194. The van der Waals surface area contributed by atoms with Gasteiger partial charge in [0.15, 0.2) is 0 Å². The van der Waals surface area contributed by atoms with Gasteiger partial charge in [-0.25, -0.2) is 0 Å². The number of aromatic hydroxyl groups is 1. The molecule has 0 fully saturated rings. The number of nitrogens with two attached hydrogens (primary N) is 1. The summed E-state index contributed by atoms with van der Waals surface area (Å²) in [6.45, 7) is 6.76. The van der Waals surface area contributed by atoms with Crippen molar-refractivity contribution < 1.29 is 5.11 Å². The second kappa shape index (κ2) is 4.64. The zero-order valence-corrected chi connectivity index (χ0v) is 9.62. The number of phenols is 1. The van der Waals surface area contributed by atoms with Crippen LogP contribution in [0.15, 0.2) is 24.3 Å². The van der Waals surface area contributed by atoms with Gasteiger partial charge >= 0.3 is 0 Å². The number of phenolic OH excluding ortho intramolecular Hbond substituents is 1. The maximum atomic E-state index is 9.34. The van der Waals surface area contributed by atoms with Crippen molar-refractivity contribution in [2.45, 2.75) is 32.4 Å². The van der Waals surface area contributed by atoms with Crippen molar-refractivity contribution in [1.82, 2.24) is 5.32 Å². The van der Waals surface area contributed by atoms with E-state index in [-0.39, 0.29) is 11.6 Å². The molecule has 0 radical (unpaired) electrons. The molecule has 0 aliphatic carbocycles. The van der Waals surface area contributed by atoms with Crippen LogP contribution in [0.3, 0.4) is 0 Å². The molecule has 84 valence electrons. The minimum atomic E-state index is -0.217. The second-order valence-corrected chi connectivity index (χ2v) is 4.69. The summed E-state index contributed by atoms with van der Waals surface area (Å²) in [7, 11) is 0. The summed E-state index contributed by atoms with van der Waals surface area (Å²) < 4.78 is 0. The Morgan fingerprint density at radius 3 is 2.67 bits per heavy atom. The van der Waals surface area contributed by atoms with Gasteiger partial charge in [-0.05, 0) is 38.5 Å². The molecule has 1 aromatic rings. The summed E-state index contributed by atoms with van der Waals surface area (Å²) in [5, 5.41) is 12.7. The van der Waals surface area contributed by atoms with Gasteiger partial charge in [-0.15, -0.1) is 0 Å². The molecule has 0 aliphatic rings. The molecule has 3 nitrogen and oxygen atoms in total. The Bertz CT molecular complexity index is 318. The molecule has 0 heterocycles. The van der Waals surface area contributed by atoms with E-state index < -0.39 is 0 Å². The lowest BCUT2D eigenvalue weighted by Gasteiger charge is -2.23. The zero-order valence-electron chi connectivity index (χ0n) is 9.62. The quantitative estimate of drug-likeness (QED) is 0.707. The van der Waals surface area contributed by atoms with E-state index in [1.165, 1.54) is 0 Å². The van der Waals surface area contributed by atoms with Crippen LogP contribution in [0.2, 0.25) is 0 Å². The minimum Gasteiger partial charge on any atom is -0.508 e. The van der Waals surface area contributed by atoms with E-state index in [0.29, 0.717) is 5.75 Å². The third-order valence-corrected chi connectivity index (χ3v) is 2.23. The number of rotatable bonds is 4. The standard InChI is InChI=1S/C12H20N2O/c1-9(14-8-12(2,3)13)10-5-4-6-11(15)7-10/h4-7,9,14-15H,8,13H2,1-3H3. The van der Waals surface area contributed by atoms with Crippen LogP contribution >= 0.6 is 0 Å². The van der Waals surface area contributed by atoms with Crippen molar-refractivity contribution in [3.8, 4) is 5.75 Å². The molecule has 1 rings (SSSR count). The monoisotopic (exact) mass is 208 g/mol. The van der Waals surface area contributed by atoms with Crippen molar-refractivity contribution >= 4 is 0 Å². The molecule has 15 heavy (non-hydrogen) atoms. The van der Waals surface area contributed by atoms with Crippen molar-refractivity contribution in [2.24, 2.45) is 5.73 Å². The van der Waals surface area contributed by atoms with Crippen molar-refractivity contribution in [1.29, 1.82) is 0 Å². The summed E-state index contributed by atoms with van der Waals surface area (Å²) in [6, 6.07) is 7.46.